The maximum atomic E-state index is 17.1. The first-order chi connectivity index (χ1) is 14.8. The summed E-state index contributed by atoms with van der Waals surface area (Å²) in [6.07, 6.45) is 1.26. The smallest absolute Gasteiger partial charge is 0.303 e. The van der Waals surface area contributed by atoms with Crippen LogP contribution in [0, 0.1) is 28.6 Å². The Morgan fingerprint density at radius 2 is 1.94 bits per heavy atom. The summed E-state index contributed by atoms with van der Waals surface area (Å²) in [7, 11) is 0. The van der Waals surface area contributed by atoms with Crippen LogP contribution in [-0.4, -0.2) is 51.7 Å². The van der Waals surface area contributed by atoms with E-state index in [0.29, 0.717) is 6.42 Å². The van der Waals surface area contributed by atoms with Crippen molar-refractivity contribution < 1.29 is 38.1 Å². The summed E-state index contributed by atoms with van der Waals surface area (Å²) in [6.45, 7) is 5.30. The number of hydrogen-bond donors (Lipinski definition) is 2. The van der Waals surface area contributed by atoms with Crippen LogP contribution in [0.4, 0.5) is 8.78 Å². The molecule has 4 aliphatic rings. The van der Waals surface area contributed by atoms with Crippen LogP contribution in [0.1, 0.15) is 53.4 Å². The molecule has 0 saturated heterocycles. The molecule has 0 aromatic rings. The third-order valence-corrected chi connectivity index (χ3v) is 9.14. The summed E-state index contributed by atoms with van der Waals surface area (Å²) in [4.78, 5) is 37.0. The van der Waals surface area contributed by atoms with E-state index in [4.69, 9.17) is 4.74 Å². The maximum Gasteiger partial charge on any atom is 0.303 e. The van der Waals surface area contributed by atoms with Crippen molar-refractivity contribution in [2.75, 3.05) is 6.61 Å². The van der Waals surface area contributed by atoms with Gasteiger partial charge in [0.1, 0.15) is 6.61 Å². The molecule has 176 valence electrons. The second-order valence-electron chi connectivity index (χ2n) is 10.4. The number of aliphatic hydroxyl groups is 2. The van der Waals surface area contributed by atoms with E-state index in [0.717, 1.165) is 6.08 Å². The zero-order chi connectivity index (χ0) is 23.9. The average Bonchev–Trinajstić information content (AvgIpc) is 2.93. The highest BCUT2D eigenvalue weighted by Crippen LogP contribution is 2.71. The third-order valence-electron chi connectivity index (χ3n) is 9.14. The van der Waals surface area contributed by atoms with Crippen molar-refractivity contribution in [3.63, 3.8) is 0 Å². The van der Waals surface area contributed by atoms with Gasteiger partial charge in [-0.05, 0) is 50.2 Å². The SMILES string of the molecule is CC(=O)O[C@@]1(C(=O)CO)[C@@H](C)C[C@H]2[C@@H]3CCC4=C(F)C(=O)C=C[C@]4(C)[C@@]3(F)[C@@H](O)C[C@@]21C. The Labute approximate surface area is 185 Å². The van der Waals surface area contributed by atoms with Crippen LogP contribution in [0.15, 0.2) is 23.6 Å². The number of ketones is 2. The van der Waals surface area contributed by atoms with Crippen molar-refractivity contribution in [3.05, 3.63) is 23.6 Å². The van der Waals surface area contributed by atoms with Crippen LogP contribution in [0.25, 0.3) is 0 Å². The van der Waals surface area contributed by atoms with Gasteiger partial charge in [-0.2, -0.15) is 0 Å². The lowest BCUT2D eigenvalue weighted by atomic mass is 9.44. The Kier molecular flexibility index (Phi) is 5.11. The van der Waals surface area contributed by atoms with E-state index < -0.39 is 75.9 Å². The number of Topliss-reactive ketones (excluding diaryl/α,β-unsaturated/α-hetero) is 1. The fourth-order valence-corrected chi connectivity index (χ4v) is 7.82. The molecule has 0 bridgehead atoms. The first-order valence-corrected chi connectivity index (χ1v) is 11.1. The molecule has 0 radical (unpaired) electrons. The largest absolute Gasteiger partial charge is 0.450 e. The van der Waals surface area contributed by atoms with Crippen molar-refractivity contribution in [1.82, 2.24) is 0 Å². The van der Waals surface area contributed by atoms with E-state index in [-0.39, 0.29) is 24.8 Å². The van der Waals surface area contributed by atoms with Gasteiger partial charge in [0.15, 0.2) is 17.1 Å². The second-order valence-corrected chi connectivity index (χ2v) is 10.4. The number of hydrogen-bond acceptors (Lipinski definition) is 6. The number of aliphatic hydroxyl groups excluding tert-OH is 2. The number of carbonyl (C=O) groups is 3. The van der Waals surface area contributed by atoms with Crippen molar-refractivity contribution in [3.8, 4) is 0 Å². The van der Waals surface area contributed by atoms with E-state index in [1.54, 1.807) is 13.8 Å². The van der Waals surface area contributed by atoms with Gasteiger partial charge in [0.05, 0.1) is 6.10 Å². The quantitative estimate of drug-likeness (QED) is 0.639. The molecule has 0 aromatic carbocycles. The molecular weight excluding hydrogens is 422 g/mol. The summed E-state index contributed by atoms with van der Waals surface area (Å²) in [5.41, 5.74) is -6.53. The molecule has 3 saturated carbocycles. The number of alkyl halides is 1. The number of esters is 1. The van der Waals surface area contributed by atoms with Gasteiger partial charge in [-0.15, -0.1) is 0 Å². The summed E-state index contributed by atoms with van der Waals surface area (Å²) in [5, 5.41) is 21.0. The van der Waals surface area contributed by atoms with Gasteiger partial charge in [-0.3, -0.25) is 14.4 Å². The molecule has 2 N–H and O–H groups in total. The van der Waals surface area contributed by atoms with Crippen molar-refractivity contribution >= 4 is 17.5 Å². The van der Waals surface area contributed by atoms with Crippen LogP contribution in [0.2, 0.25) is 0 Å². The van der Waals surface area contributed by atoms with Gasteiger partial charge in [0.25, 0.3) is 0 Å². The fourth-order valence-electron chi connectivity index (χ4n) is 7.82. The minimum Gasteiger partial charge on any atom is -0.450 e. The number of fused-ring (bicyclic) bond motifs is 5. The highest BCUT2D eigenvalue weighted by Gasteiger charge is 2.77. The summed E-state index contributed by atoms with van der Waals surface area (Å²) < 4.78 is 37.5. The normalized spacial score (nSPS) is 47.6. The Balaban J connectivity index is 1.88. The van der Waals surface area contributed by atoms with Crippen LogP contribution >= 0.6 is 0 Å². The van der Waals surface area contributed by atoms with Crippen molar-refractivity contribution in [2.45, 2.75) is 70.8 Å². The molecule has 4 aliphatic carbocycles. The molecule has 4 rings (SSSR count). The molecule has 8 heteroatoms. The Morgan fingerprint density at radius 1 is 1.28 bits per heavy atom. The highest BCUT2D eigenvalue weighted by atomic mass is 19.1. The molecule has 0 aliphatic heterocycles. The van der Waals surface area contributed by atoms with E-state index in [1.807, 2.05) is 0 Å². The standard InChI is InChI=1S/C24H30F2O6/c1-12-9-16-14-5-6-15-20(25)17(29)7-8-21(15,3)23(14,26)18(30)10-22(16,4)24(12,19(31)11-27)32-13(2)28/h7-8,12,14,16,18,27,30H,5-6,9-11H2,1-4H3/t12-,14-,16-,18-,21-,22-,23-,24+/m0/s1. The van der Waals surface area contributed by atoms with Crippen LogP contribution in [-0.2, 0) is 19.1 Å². The molecule has 0 amide bonds. The van der Waals surface area contributed by atoms with Gasteiger partial charge in [0, 0.05) is 29.6 Å². The molecule has 0 unspecified atom stereocenters. The lowest BCUT2D eigenvalue weighted by Crippen LogP contribution is -2.70. The average molecular weight is 452 g/mol. The molecule has 0 aromatic heterocycles. The topological polar surface area (TPSA) is 101 Å². The van der Waals surface area contributed by atoms with E-state index >= 15 is 4.39 Å². The fraction of sp³-hybridized carbons (Fsp3) is 0.708. The molecule has 6 nitrogen and oxygen atoms in total. The number of ether oxygens (including phenoxy) is 1. The Hall–Kier alpha value is -1.93. The van der Waals surface area contributed by atoms with Crippen LogP contribution in [0.3, 0.4) is 0 Å². The number of rotatable bonds is 3. The van der Waals surface area contributed by atoms with Gasteiger partial charge < -0.3 is 14.9 Å². The van der Waals surface area contributed by atoms with Gasteiger partial charge in [-0.25, -0.2) is 8.78 Å². The Morgan fingerprint density at radius 3 is 2.53 bits per heavy atom. The summed E-state index contributed by atoms with van der Waals surface area (Å²) in [6, 6.07) is 0. The molecule has 0 spiro atoms. The predicted octanol–water partition coefficient (Wildman–Crippen LogP) is 2.76. The maximum absolute atomic E-state index is 17.1. The molecule has 32 heavy (non-hydrogen) atoms. The monoisotopic (exact) mass is 452 g/mol. The lowest BCUT2D eigenvalue weighted by Gasteiger charge is -2.62. The molecular formula is C24H30F2O6. The summed E-state index contributed by atoms with van der Waals surface area (Å²) in [5.74, 6) is -4.86. The van der Waals surface area contributed by atoms with E-state index in [1.165, 1.54) is 19.9 Å². The molecule has 3 fully saturated rings. The summed E-state index contributed by atoms with van der Waals surface area (Å²) >= 11 is 0. The first kappa shape index (κ1) is 23.2. The van der Waals surface area contributed by atoms with E-state index in [2.05, 4.69) is 0 Å². The molecule has 0 heterocycles. The van der Waals surface area contributed by atoms with Crippen molar-refractivity contribution in [1.29, 1.82) is 0 Å². The minimum absolute atomic E-state index is 0.0649. The predicted molar refractivity (Wildman–Crippen MR) is 110 cm³/mol. The second kappa shape index (κ2) is 7.03. The first-order valence-electron chi connectivity index (χ1n) is 11.1. The zero-order valence-corrected chi connectivity index (χ0v) is 18.8. The van der Waals surface area contributed by atoms with Gasteiger partial charge in [-0.1, -0.05) is 19.9 Å². The Bertz CT molecular complexity index is 958. The van der Waals surface area contributed by atoms with Crippen LogP contribution < -0.4 is 0 Å². The zero-order valence-electron chi connectivity index (χ0n) is 18.8. The number of carbonyl (C=O) groups excluding carboxylic acids is 3. The van der Waals surface area contributed by atoms with Gasteiger partial charge >= 0.3 is 5.97 Å². The number of allylic oxidation sites excluding steroid dienone is 4. The number of halogens is 2. The van der Waals surface area contributed by atoms with Gasteiger partial charge in [0.2, 0.25) is 11.6 Å². The van der Waals surface area contributed by atoms with E-state index in [9.17, 15) is 29.0 Å². The highest BCUT2D eigenvalue weighted by molar-refractivity contribution is 6.04. The minimum atomic E-state index is -2.27. The third kappa shape index (κ3) is 2.48. The lowest BCUT2D eigenvalue weighted by molar-refractivity contribution is -0.228. The van der Waals surface area contributed by atoms with Crippen molar-refractivity contribution in [2.24, 2.45) is 28.6 Å². The van der Waals surface area contributed by atoms with Crippen LogP contribution in [0.5, 0.6) is 0 Å². The molecule has 8 atom stereocenters.